The van der Waals surface area contributed by atoms with Crippen molar-refractivity contribution in [2.24, 2.45) is 0 Å². The molecule has 0 bridgehead atoms. The Bertz CT molecular complexity index is 749. The van der Waals surface area contributed by atoms with E-state index in [9.17, 15) is 10.1 Å². The van der Waals surface area contributed by atoms with Crippen molar-refractivity contribution in [3.05, 3.63) is 57.1 Å². The fraction of sp³-hybridized carbons (Fsp3) is 0. The predicted molar refractivity (Wildman–Crippen MR) is 73.8 cm³/mol. The Kier molecular flexibility index (Phi) is 2.79. The van der Waals surface area contributed by atoms with E-state index < -0.39 is 4.92 Å². The van der Waals surface area contributed by atoms with Crippen LogP contribution in [0.3, 0.4) is 0 Å². The summed E-state index contributed by atoms with van der Waals surface area (Å²) in [4.78, 5) is 14.9. The second-order valence-corrected chi connectivity index (χ2v) is 4.82. The highest BCUT2D eigenvalue weighted by molar-refractivity contribution is 9.10. The minimum absolute atomic E-state index is 0.0408. The lowest BCUT2D eigenvalue weighted by Crippen LogP contribution is -1.92. The van der Waals surface area contributed by atoms with Crippen molar-refractivity contribution in [1.82, 2.24) is 4.98 Å². The summed E-state index contributed by atoms with van der Waals surface area (Å²) in [5.74, 6) is 0.250. The zero-order valence-electron chi connectivity index (χ0n) is 9.54. The molecular weight excluding hydrogens is 312 g/mol. The van der Waals surface area contributed by atoms with Crippen molar-refractivity contribution in [3.8, 4) is 11.5 Å². The van der Waals surface area contributed by atoms with Crippen molar-refractivity contribution >= 4 is 32.7 Å². The second kappa shape index (κ2) is 4.47. The van der Waals surface area contributed by atoms with Gasteiger partial charge in [0.2, 0.25) is 5.89 Å². The predicted octanol–water partition coefficient (Wildman–Crippen LogP) is 4.17. The maximum Gasteiger partial charge on any atom is 0.283 e. The summed E-state index contributed by atoms with van der Waals surface area (Å²) in [6.45, 7) is 0. The van der Waals surface area contributed by atoms with E-state index in [1.807, 2.05) is 12.1 Å². The monoisotopic (exact) mass is 318 g/mol. The Labute approximate surface area is 116 Å². The van der Waals surface area contributed by atoms with Gasteiger partial charge < -0.3 is 4.42 Å². The van der Waals surface area contributed by atoms with Crippen LogP contribution in [0.4, 0.5) is 5.69 Å². The molecule has 3 rings (SSSR count). The molecule has 0 aliphatic heterocycles. The summed E-state index contributed by atoms with van der Waals surface area (Å²) in [5, 5.41) is 11.1. The first-order valence-corrected chi connectivity index (χ1v) is 6.24. The minimum Gasteiger partial charge on any atom is -0.436 e. The van der Waals surface area contributed by atoms with Crippen LogP contribution in [0.2, 0.25) is 0 Å². The Morgan fingerprint density at radius 1 is 1.21 bits per heavy atom. The molecule has 0 atom stereocenters. The van der Waals surface area contributed by atoms with Crippen molar-refractivity contribution in [2.45, 2.75) is 0 Å². The van der Waals surface area contributed by atoms with Gasteiger partial charge in [-0.05, 0) is 24.3 Å². The molecule has 0 N–H and O–H groups in total. The molecule has 94 valence electrons. The number of oxazole rings is 1. The summed E-state index contributed by atoms with van der Waals surface area (Å²) in [5.41, 5.74) is 1.61. The molecule has 0 saturated heterocycles. The highest BCUT2D eigenvalue weighted by Crippen LogP contribution is 2.33. The van der Waals surface area contributed by atoms with Gasteiger partial charge >= 0.3 is 0 Å². The Morgan fingerprint density at radius 2 is 2.00 bits per heavy atom. The number of halogens is 1. The number of hydrogen-bond donors (Lipinski definition) is 0. The van der Waals surface area contributed by atoms with Gasteiger partial charge in [-0.3, -0.25) is 10.1 Å². The molecule has 0 saturated carbocycles. The van der Waals surface area contributed by atoms with Crippen LogP contribution in [0, 0.1) is 10.1 Å². The lowest BCUT2D eigenvalue weighted by atomic mass is 10.2. The smallest absolute Gasteiger partial charge is 0.283 e. The molecular formula is C13H7BrN2O3. The van der Waals surface area contributed by atoms with E-state index in [0.717, 1.165) is 0 Å². The number of rotatable bonds is 2. The third-order valence-electron chi connectivity index (χ3n) is 2.68. The minimum atomic E-state index is -0.449. The molecule has 0 radical (unpaired) electrons. The summed E-state index contributed by atoms with van der Waals surface area (Å²) in [6, 6.07) is 12.0. The van der Waals surface area contributed by atoms with E-state index in [4.69, 9.17) is 4.42 Å². The van der Waals surface area contributed by atoms with Gasteiger partial charge in [0.15, 0.2) is 5.58 Å². The van der Waals surface area contributed by atoms with Gasteiger partial charge in [0.1, 0.15) is 11.1 Å². The fourth-order valence-electron chi connectivity index (χ4n) is 1.82. The van der Waals surface area contributed by atoms with Gasteiger partial charge in [-0.2, -0.15) is 0 Å². The SMILES string of the molecule is O=[N+]([O-])c1cc(Br)ccc1-c1nc2ccccc2o1. The molecule has 2 aromatic carbocycles. The molecule has 1 aromatic heterocycles. The molecule has 5 nitrogen and oxygen atoms in total. The first-order chi connectivity index (χ1) is 9.15. The number of hydrogen-bond acceptors (Lipinski definition) is 4. The molecule has 0 aliphatic rings. The number of nitro groups is 1. The second-order valence-electron chi connectivity index (χ2n) is 3.91. The Hall–Kier alpha value is -2.21. The van der Waals surface area contributed by atoms with Crippen molar-refractivity contribution in [1.29, 1.82) is 0 Å². The summed E-state index contributed by atoms with van der Waals surface area (Å²) in [6.07, 6.45) is 0. The Balaban J connectivity index is 2.23. The number of nitro benzene ring substituents is 1. The number of para-hydroxylation sites is 2. The lowest BCUT2D eigenvalue weighted by Gasteiger charge is -1.98. The number of fused-ring (bicyclic) bond motifs is 1. The van der Waals surface area contributed by atoms with Gasteiger partial charge in [-0.25, -0.2) is 4.98 Å². The largest absolute Gasteiger partial charge is 0.436 e. The van der Waals surface area contributed by atoms with Crippen LogP contribution in [0.5, 0.6) is 0 Å². The first kappa shape index (κ1) is 11.9. The zero-order valence-corrected chi connectivity index (χ0v) is 11.1. The molecule has 0 amide bonds. The number of benzene rings is 2. The van der Waals surface area contributed by atoms with Crippen LogP contribution in [0.1, 0.15) is 0 Å². The summed E-state index contributed by atoms with van der Waals surface area (Å²) in [7, 11) is 0. The quantitative estimate of drug-likeness (QED) is 0.525. The van der Waals surface area contributed by atoms with E-state index in [2.05, 4.69) is 20.9 Å². The van der Waals surface area contributed by atoms with Crippen molar-refractivity contribution < 1.29 is 9.34 Å². The highest BCUT2D eigenvalue weighted by Gasteiger charge is 2.20. The first-order valence-electron chi connectivity index (χ1n) is 5.45. The van der Waals surface area contributed by atoms with Gasteiger partial charge in [-0.1, -0.05) is 28.1 Å². The lowest BCUT2D eigenvalue weighted by molar-refractivity contribution is -0.384. The van der Waals surface area contributed by atoms with Crippen molar-refractivity contribution in [3.63, 3.8) is 0 Å². The molecule has 3 aromatic rings. The van der Waals surface area contributed by atoms with Crippen LogP contribution in [0.15, 0.2) is 51.4 Å². The maximum atomic E-state index is 11.1. The van der Waals surface area contributed by atoms with Gasteiger partial charge in [-0.15, -0.1) is 0 Å². The molecule has 19 heavy (non-hydrogen) atoms. The molecule has 6 heteroatoms. The van der Waals surface area contributed by atoms with Crippen LogP contribution in [-0.2, 0) is 0 Å². The van der Waals surface area contributed by atoms with Gasteiger partial charge in [0.05, 0.1) is 4.92 Å². The summed E-state index contributed by atoms with van der Waals surface area (Å²) >= 11 is 3.22. The highest BCUT2D eigenvalue weighted by atomic mass is 79.9. The zero-order chi connectivity index (χ0) is 13.4. The molecule has 0 aliphatic carbocycles. The Morgan fingerprint density at radius 3 is 2.74 bits per heavy atom. The average molecular weight is 319 g/mol. The van der Waals surface area contributed by atoms with Crippen LogP contribution < -0.4 is 0 Å². The molecule has 1 heterocycles. The van der Waals surface area contributed by atoms with E-state index in [1.165, 1.54) is 6.07 Å². The van der Waals surface area contributed by atoms with Crippen LogP contribution >= 0.6 is 15.9 Å². The topological polar surface area (TPSA) is 69.2 Å². The normalized spacial score (nSPS) is 10.8. The standard InChI is InChI=1S/C13H7BrN2O3/c14-8-5-6-9(11(7-8)16(17)18)13-15-10-3-1-2-4-12(10)19-13/h1-7H. The maximum absolute atomic E-state index is 11.1. The fourth-order valence-corrected chi connectivity index (χ4v) is 2.17. The van der Waals surface area contributed by atoms with Gasteiger partial charge in [0, 0.05) is 10.5 Å². The molecule has 0 fully saturated rings. The van der Waals surface area contributed by atoms with E-state index in [1.54, 1.807) is 24.3 Å². The third-order valence-corrected chi connectivity index (χ3v) is 3.17. The molecule has 0 spiro atoms. The number of aromatic nitrogens is 1. The number of nitrogens with zero attached hydrogens (tertiary/aromatic N) is 2. The van der Waals surface area contributed by atoms with Gasteiger partial charge in [0.25, 0.3) is 5.69 Å². The average Bonchev–Trinajstić information content (AvgIpc) is 2.82. The van der Waals surface area contributed by atoms with E-state index >= 15 is 0 Å². The van der Waals surface area contributed by atoms with E-state index in [-0.39, 0.29) is 11.6 Å². The molecule has 0 unspecified atom stereocenters. The van der Waals surface area contributed by atoms with E-state index in [0.29, 0.717) is 21.1 Å². The van der Waals surface area contributed by atoms with Crippen LogP contribution in [-0.4, -0.2) is 9.91 Å². The van der Waals surface area contributed by atoms with Crippen LogP contribution in [0.25, 0.3) is 22.6 Å². The summed E-state index contributed by atoms with van der Waals surface area (Å²) < 4.78 is 6.19. The van der Waals surface area contributed by atoms with Crippen molar-refractivity contribution in [2.75, 3.05) is 0 Å². The third kappa shape index (κ3) is 2.10.